The molecular formula is C21H19ClN6O2S. The van der Waals surface area contributed by atoms with Crippen LogP contribution in [0.5, 0.6) is 0 Å². The van der Waals surface area contributed by atoms with Crippen LogP contribution in [-0.2, 0) is 0 Å². The standard InChI is InChI=1S/C21H19ClN6O2S/c22-17-7-4-15(5-8-17)18-9-6-16(12-23)21(24-18)31-14-19(29)25-20-13-28(26-30-20)27-10-2-1-3-11-27/h4-9,13H,1-3,10-11,14H2. The predicted molar refractivity (Wildman–Crippen MR) is 116 cm³/mol. The number of hydrogen-bond donors (Lipinski definition) is 0. The molecule has 3 heterocycles. The number of halogens is 1. The van der Waals surface area contributed by atoms with Crippen molar-refractivity contribution in [3.8, 4) is 17.3 Å². The van der Waals surface area contributed by atoms with Gasteiger partial charge in [-0.25, -0.2) is 9.98 Å². The minimum absolute atomic E-state index is 0.0240. The highest BCUT2D eigenvalue weighted by Gasteiger charge is 2.22. The molecule has 3 aromatic rings. The molecule has 0 amide bonds. The van der Waals surface area contributed by atoms with E-state index in [0.29, 0.717) is 21.3 Å². The Morgan fingerprint density at radius 2 is 2.00 bits per heavy atom. The normalized spacial score (nSPS) is 14.5. The molecule has 0 aliphatic carbocycles. The van der Waals surface area contributed by atoms with Gasteiger partial charge in [-0.15, -0.1) is 0 Å². The third kappa shape index (κ3) is 5.34. The monoisotopic (exact) mass is 454 g/mol. The molecule has 4 rings (SSSR count). The fourth-order valence-electron chi connectivity index (χ4n) is 3.20. The van der Waals surface area contributed by atoms with E-state index in [4.69, 9.17) is 16.1 Å². The highest BCUT2D eigenvalue weighted by atomic mass is 35.5. The Morgan fingerprint density at radius 1 is 1.23 bits per heavy atom. The number of nitriles is 1. The van der Waals surface area contributed by atoms with Crippen LogP contribution in [0.25, 0.3) is 11.3 Å². The van der Waals surface area contributed by atoms with E-state index in [1.54, 1.807) is 35.3 Å². The molecule has 0 spiro atoms. The number of nitrogens with zero attached hydrogens (tertiary/aromatic N) is 6. The zero-order valence-electron chi connectivity index (χ0n) is 16.6. The Morgan fingerprint density at radius 3 is 2.74 bits per heavy atom. The fourth-order valence-corrected chi connectivity index (χ4v) is 4.08. The summed E-state index contributed by atoms with van der Waals surface area (Å²) < 4.78 is 5.17. The van der Waals surface area contributed by atoms with Gasteiger partial charge in [-0.3, -0.25) is 4.52 Å². The molecule has 2 aromatic heterocycles. The van der Waals surface area contributed by atoms with Crippen molar-refractivity contribution < 1.29 is 14.4 Å². The molecule has 1 aliphatic heterocycles. The van der Waals surface area contributed by atoms with Crippen molar-refractivity contribution in [2.75, 3.05) is 23.9 Å². The number of aliphatic imine (C=N–C) groups is 1. The summed E-state index contributed by atoms with van der Waals surface area (Å²) in [6.07, 6.45) is 5.02. The highest BCUT2D eigenvalue weighted by molar-refractivity contribution is 7.99. The first-order valence-corrected chi connectivity index (χ1v) is 11.2. The lowest BCUT2D eigenvalue weighted by molar-refractivity contribution is -0.759. The van der Waals surface area contributed by atoms with Gasteiger partial charge >= 0.3 is 5.88 Å². The lowest BCUT2D eigenvalue weighted by Crippen LogP contribution is -2.60. The quantitative estimate of drug-likeness (QED) is 0.244. The van der Waals surface area contributed by atoms with Crippen molar-refractivity contribution in [2.24, 2.45) is 4.99 Å². The number of thioether (sulfide) groups is 1. The summed E-state index contributed by atoms with van der Waals surface area (Å²) in [7, 11) is 0. The number of rotatable bonds is 6. The van der Waals surface area contributed by atoms with E-state index in [9.17, 15) is 10.4 Å². The van der Waals surface area contributed by atoms with Crippen LogP contribution in [0.15, 0.2) is 57.1 Å². The van der Waals surface area contributed by atoms with E-state index >= 15 is 0 Å². The Balaban J connectivity index is 1.45. The van der Waals surface area contributed by atoms with Gasteiger partial charge in [0.2, 0.25) is 5.27 Å². The summed E-state index contributed by atoms with van der Waals surface area (Å²) >= 11 is 7.11. The zero-order chi connectivity index (χ0) is 21.6. The van der Waals surface area contributed by atoms with Gasteiger partial charge in [-0.05, 0) is 49.4 Å². The van der Waals surface area contributed by atoms with E-state index in [1.807, 2.05) is 12.1 Å². The second-order valence-corrected chi connectivity index (χ2v) is 8.34. The van der Waals surface area contributed by atoms with Gasteiger partial charge in [0.05, 0.1) is 29.1 Å². The summed E-state index contributed by atoms with van der Waals surface area (Å²) in [6, 6.07) is 12.8. The molecule has 0 radical (unpaired) electrons. The maximum absolute atomic E-state index is 12.3. The average Bonchev–Trinajstić information content (AvgIpc) is 3.27. The van der Waals surface area contributed by atoms with Crippen LogP contribution in [0.2, 0.25) is 5.02 Å². The van der Waals surface area contributed by atoms with E-state index in [-0.39, 0.29) is 11.6 Å². The summed E-state index contributed by atoms with van der Waals surface area (Å²) in [4.78, 5) is 10.1. The maximum atomic E-state index is 12.3. The van der Waals surface area contributed by atoms with Crippen molar-refractivity contribution in [3.63, 3.8) is 0 Å². The van der Waals surface area contributed by atoms with E-state index in [2.05, 4.69) is 26.3 Å². The van der Waals surface area contributed by atoms with Gasteiger partial charge in [0.15, 0.2) is 0 Å². The molecule has 8 nitrogen and oxygen atoms in total. The lowest BCUT2D eigenvalue weighted by Gasteiger charge is -2.17. The fraction of sp³-hybridized carbons (Fsp3) is 0.286. The van der Waals surface area contributed by atoms with Crippen molar-refractivity contribution >= 4 is 35.1 Å². The third-order valence-electron chi connectivity index (χ3n) is 4.75. The summed E-state index contributed by atoms with van der Waals surface area (Å²) in [5.41, 5.74) is 1.97. The number of hydrogen-bond acceptors (Lipinski definition) is 8. The Labute approximate surface area is 188 Å². The molecule has 1 aromatic carbocycles. The highest BCUT2D eigenvalue weighted by Crippen LogP contribution is 2.26. The van der Waals surface area contributed by atoms with Gasteiger partial charge in [0, 0.05) is 16.3 Å². The molecule has 0 atom stereocenters. The van der Waals surface area contributed by atoms with Crippen molar-refractivity contribution in [2.45, 2.75) is 24.3 Å². The molecule has 10 heteroatoms. The van der Waals surface area contributed by atoms with Crippen LogP contribution in [0.4, 0.5) is 5.88 Å². The predicted octanol–water partition coefficient (Wildman–Crippen LogP) is 2.85. The lowest BCUT2D eigenvalue weighted by atomic mass is 10.1. The molecule has 0 unspecified atom stereocenters. The number of piperidine rings is 1. The van der Waals surface area contributed by atoms with Crippen LogP contribution in [0.1, 0.15) is 24.8 Å². The molecule has 0 saturated carbocycles. The number of pyridine rings is 1. The topological polar surface area (TPSA) is 105 Å². The Bertz CT molecular complexity index is 1120. The second-order valence-electron chi connectivity index (χ2n) is 6.94. The molecule has 1 fully saturated rings. The molecule has 158 valence electrons. The SMILES string of the molecule is N#Cc1ccc(-c2ccc(Cl)cc2)nc1SC/C([O-])=N/c1c[n+](N2CCCCC2)no1. The van der Waals surface area contributed by atoms with E-state index in [1.165, 1.54) is 6.42 Å². The van der Waals surface area contributed by atoms with E-state index < -0.39 is 5.90 Å². The van der Waals surface area contributed by atoms with Gasteiger partial charge in [-0.1, -0.05) is 35.5 Å². The Kier molecular flexibility index (Phi) is 6.70. The van der Waals surface area contributed by atoms with Crippen LogP contribution in [-0.4, -0.2) is 35.0 Å². The average molecular weight is 455 g/mol. The van der Waals surface area contributed by atoms with Crippen LogP contribution < -0.4 is 14.9 Å². The van der Waals surface area contributed by atoms with Crippen molar-refractivity contribution in [1.82, 2.24) is 10.3 Å². The first-order valence-electron chi connectivity index (χ1n) is 9.81. The molecule has 0 bridgehead atoms. The molecule has 1 saturated heterocycles. The molecule has 1 aliphatic rings. The summed E-state index contributed by atoms with van der Waals surface area (Å²) in [5.74, 6) is -0.218. The number of aromatic nitrogens is 3. The van der Waals surface area contributed by atoms with Gasteiger partial charge in [0.1, 0.15) is 11.1 Å². The van der Waals surface area contributed by atoms with Crippen molar-refractivity contribution in [1.29, 1.82) is 5.26 Å². The minimum atomic E-state index is -0.394. The second kappa shape index (κ2) is 9.81. The first-order chi connectivity index (χ1) is 15.1. The summed E-state index contributed by atoms with van der Waals surface area (Å²) in [6.45, 7) is 1.79. The molecular weight excluding hydrogens is 436 g/mol. The van der Waals surface area contributed by atoms with Crippen LogP contribution in [0, 0.1) is 11.3 Å². The van der Waals surface area contributed by atoms with Crippen LogP contribution in [0.3, 0.4) is 0 Å². The third-order valence-corrected chi connectivity index (χ3v) is 5.98. The van der Waals surface area contributed by atoms with Crippen LogP contribution >= 0.6 is 23.4 Å². The minimum Gasteiger partial charge on any atom is -0.861 e. The number of benzene rings is 1. The first kappa shape index (κ1) is 21.2. The largest absolute Gasteiger partial charge is 0.861 e. The molecule has 0 N–H and O–H groups in total. The smallest absolute Gasteiger partial charge is 0.324 e. The van der Waals surface area contributed by atoms with Gasteiger partial charge in [-0.2, -0.15) is 10.3 Å². The van der Waals surface area contributed by atoms with Gasteiger partial charge < -0.3 is 5.11 Å². The van der Waals surface area contributed by atoms with Gasteiger partial charge in [0.25, 0.3) is 6.20 Å². The maximum Gasteiger partial charge on any atom is 0.324 e. The zero-order valence-corrected chi connectivity index (χ0v) is 18.1. The Hall–Kier alpha value is -3.09. The van der Waals surface area contributed by atoms with E-state index in [0.717, 1.165) is 43.3 Å². The van der Waals surface area contributed by atoms with Crippen molar-refractivity contribution in [3.05, 3.63) is 53.2 Å². The summed E-state index contributed by atoms with van der Waals surface area (Å²) in [5, 5.41) is 28.8. The molecule has 31 heavy (non-hydrogen) atoms.